The van der Waals surface area contributed by atoms with Crippen molar-refractivity contribution in [3.05, 3.63) is 70.8 Å². The average Bonchev–Trinajstić information content (AvgIpc) is 2.67. The third kappa shape index (κ3) is 5.57. The van der Waals surface area contributed by atoms with Crippen molar-refractivity contribution in [1.29, 1.82) is 0 Å². The van der Waals surface area contributed by atoms with Crippen LogP contribution in [0.2, 0.25) is 0 Å². The van der Waals surface area contributed by atoms with Crippen molar-refractivity contribution in [2.24, 2.45) is 0 Å². The molecule has 9 nitrogen and oxygen atoms in total. The largest absolute Gasteiger partial charge is 0.490 e. The van der Waals surface area contributed by atoms with Crippen LogP contribution in [0.4, 0.5) is 17.1 Å². The zero-order valence-electron chi connectivity index (χ0n) is 16.9. The molecule has 0 saturated heterocycles. The third-order valence-corrected chi connectivity index (χ3v) is 5.45. The fourth-order valence-corrected chi connectivity index (χ4v) is 3.99. The SMILES string of the molecule is C=CCOc1ccc(NC(=O)[C@H](C)N(c2cc([N+](=O)[O-])ccc2C)S(C)(=O)=O)cc1. The van der Waals surface area contributed by atoms with Crippen molar-refractivity contribution in [3.63, 3.8) is 0 Å². The molecule has 2 aromatic carbocycles. The maximum Gasteiger partial charge on any atom is 0.271 e. The molecule has 0 aromatic heterocycles. The second kappa shape index (κ2) is 9.40. The number of hydrogen-bond acceptors (Lipinski definition) is 6. The number of nitrogens with one attached hydrogen (secondary N) is 1. The summed E-state index contributed by atoms with van der Waals surface area (Å²) in [5.41, 5.74) is 0.728. The molecule has 0 aliphatic rings. The van der Waals surface area contributed by atoms with E-state index in [1.165, 1.54) is 19.1 Å². The van der Waals surface area contributed by atoms with E-state index in [1.807, 2.05) is 0 Å². The van der Waals surface area contributed by atoms with Crippen LogP contribution >= 0.6 is 0 Å². The summed E-state index contributed by atoms with van der Waals surface area (Å²) in [6.45, 7) is 6.93. The fraction of sp³-hybridized carbons (Fsp3) is 0.250. The van der Waals surface area contributed by atoms with E-state index in [9.17, 15) is 23.3 Å². The number of amides is 1. The van der Waals surface area contributed by atoms with Crippen LogP contribution in [0, 0.1) is 17.0 Å². The first kappa shape index (κ1) is 22.9. The molecule has 0 unspecified atom stereocenters. The van der Waals surface area contributed by atoms with E-state index in [2.05, 4.69) is 11.9 Å². The van der Waals surface area contributed by atoms with Crippen LogP contribution in [0.25, 0.3) is 0 Å². The number of benzene rings is 2. The Balaban J connectivity index is 2.31. The molecule has 160 valence electrons. The molecule has 1 N–H and O–H groups in total. The Labute approximate surface area is 175 Å². The van der Waals surface area contributed by atoms with Gasteiger partial charge >= 0.3 is 0 Å². The van der Waals surface area contributed by atoms with Crippen LogP contribution in [-0.4, -0.2) is 38.2 Å². The number of carbonyl (C=O) groups is 1. The van der Waals surface area contributed by atoms with Gasteiger partial charge in [0.15, 0.2) is 0 Å². The molecule has 30 heavy (non-hydrogen) atoms. The number of ether oxygens (including phenoxy) is 1. The van der Waals surface area contributed by atoms with Gasteiger partial charge in [-0.15, -0.1) is 0 Å². The molecule has 0 heterocycles. The van der Waals surface area contributed by atoms with Crippen molar-refractivity contribution in [3.8, 4) is 5.75 Å². The second-order valence-electron chi connectivity index (χ2n) is 6.58. The Morgan fingerprint density at radius 1 is 1.30 bits per heavy atom. The Hall–Kier alpha value is -3.40. The van der Waals surface area contributed by atoms with Gasteiger partial charge in [-0.25, -0.2) is 8.42 Å². The molecule has 1 atom stereocenters. The summed E-state index contributed by atoms with van der Waals surface area (Å²) >= 11 is 0. The monoisotopic (exact) mass is 433 g/mol. The predicted molar refractivity (Wildman–Crippen MR) is 115 cm³/mol. The van der Waals surface area contributed by atoms with Crippen LogP contribution in [0.5, 0.6) is 5.75 Å². The molecule has 1 amide bonds. The number of rotatable bonds is 9. The molecule has 0 bridgehead atoms. The highest BCUT2D eigenvalue weighted by atomic mass is 32.2. The Morgan fingerprint density at radius 2 is 1.93 bits per heavy atom. The zero-order valence-corrected chi connectivity index (χ0v) is 17.7. The number of sulfonamides is 1. The summed E-state index contributed by atoms with van der Waals surface area (Å²) < 4.78 is 31.2. The van der Waals surface area contributed by atoms with Gasteiger partial charge in [0.1, 0.15) is 18.4 Å². The van der Waals surface area contributed by atoms with E-state index in [0.717, 1.165) is 16.6 Å². The summed E-state index contributed by atoms with van der Waals surface area (Å²) in [6.07, 6.45) is 2.55. The lowest BCUT2D eigenvalue weighted by Crippen LogP contribution is -2.45. The van der Waals surface area contributed by atoms with Gasteiger partial charge in [-0.2, -0.15) is 0 Å². The molecule has 0 radical (unpaired) electrons. The number of anilines is 2. The molecular weight excluding hydrogens is 410 g/mol. The highest BCUT2D eigenvalue weighted by Crippen LogP contribution is 2.29. The van der Waals surface area contributed by atoms with Crippen molar-refractivity contribution in [2.45, 2.75) is 19.9 Å². The summed E-state index contributed by atoms with van der Waals surface area (Å²) in [6, 6.07) is 9.26. The highest BCUT2D eigenvalue weighted by Gasteiger charge is 2.31. The van der Waals surface area contributed by atoms with Gasteiger partial charge in [-0.1, -0.05) is 18.7 Å². The van der Waals surface area contributed by atoms with Gasteiger partial charge in [0.2, 0.25) is 15.9 Å². The third-order valence-electron chi connectivity index (χ3n) is 4.22. The fourth-order valence-electron chi connectivity index (χ4n) is 2.77. The lowest BCUT2D eigenvalue weighted by molar-refractivity contribution is -0.384. The minimum Gasteiger partial charge on any atom is -0.490 e. The molecule has 0 saturated carbocycles. The number of nitro benzene ring substituents is 1. The summed E-state index contributed by atoms with van der Waals surface area (Å²) in [4.78, 5) is 23.3. The van der Waals surface area contributed by atoms with Gasteiger partial charge in [0, 0.05) is 17.8 Å². The number of carbonyl (C=O) groups excluding carboxylic acids is 1. The topological polar surface area (TPSA) is 119 Å². The summed E-state index contributed by atoms with van der Waals surface area (Å²) in [7, 11) is -3.92. The predicted octanol–water partition coefficient (Wildman–Crippen LogP) is 3.26. The Bertz CT molecular complexity index is 1050. The maximum atomic E-state index is 12.8. The quantitative estimate of drug-likeness (QED) is 0.368. The number of hydrogen-bond donors (Lipinski definition) is 1. The Morgan fingerprint density at radius 3 is 2.47 bits per heavy atom. The molecular formula is C20H23N3O6S. The second-order valence-corrected chi connectivity index (χ2v) is 8.44. The van der Waals surface area contributed by atoms with Crippen molar-refractivity contribution in [2.75, 3.05) is 22.5 Å². The standard InChI is InChI=1S/C20H23N3O6S/c1-5-12-29-18-10-7-16(8-11-18)21-20(24)15(3)22(30(4,27)28)19-13-17(23(25)26)9-6-14(19)2/h5-11,13,15H,1,12H2,2-4H3,(H,21,24)/t15-/m0/s1. The minimum atomic E-state index is -3.92. The molecule has 0 spiro atoms. The van der Waals surface area contributed by atoms with E-state index >= 15 is 0 Å². The average molecular weight is 433 g/mol. The van der Waals surface area contributed by atoms with Gasteiger partial charge in [-0.3, -0.25) is 19.2 Å². The lowest BCUT2D eigenvalue weighted by Gasteiger charge is -2.29. The molecule has 2 aromatic rings. The van der Waals surface area contributed by atoms with E-state index in [1.54, 1.807) is 37.3 Å². The van der Waals surface area contributed by atoms with E-state index < -0.39 is 26.9 Å². The number of nitrogens with zero attached hydrogens (tertiary/aromatic N) is 2. The van der Waals surface area contributed by atoms with Crippen molar-refractivity contribution >= 4 is 33.0 Å². The van der Waals surface area contributed by atoms with Gasteiger partial charge in [0.25, 0.3) is 5.69 Å². The van der Waals surface area contributed by atoms with Gasteiger partial charge in [0.05, 0.1) is 16.9 Å². The smallest absolute Gasteiger partial charge is 0.271 e. The maximum absolute atomic E-state index is 12.8. The van der Waals surface area contributed by atoms with Gasteiger partial charge in [-0.05, 0) is 43.7 Å². The van der Waals surface area contributed by atoms with Crippen LogP contribution in [-0.2, 0) is 14.8 Å². The van der Waals surface area contributed by atoms with Crippen LogP contribution in [0.3, 0.4) is 0 Å². The van der Waals surface area contributed by atoms with Crippen LogP contribution < -0.4 is 14.4 Å². The zero-order chi connectivity index (χ0) is 22.5. The van der Waals surface area contributed by atoms with Crippen molar-refractivity contribution < 1.29 is 22.9 Å². The first-order valence-corrected chi connectivity index (χ1v) is 10.8. The molecule has 0 aliphatic heterocycles. The number of non-ortho nitro benzene ring substituents is 1. The first-order chi connectivity index (χ1) is 14.0. The summed E-state index contributed by atoms with van der Waals surface area (Å²) in [5, 5.41) is 13.8. The van der Waals surface area contributed by atoms with E-state index in [-0.39, 0.29) is 11.4 Å². The highest BCUT2D eigenvalue weighted by molar-refractivity contribution is 7.92. The molecule has 10 heteroatoms. The first-order valence-electron chi connectivity index (χ1n) is 8.93. The minimum absolute atomic E-state index is 0.0718. The summed E-state index contributed by atoms with van der Waals surface area (Å²) in [5.74, 6) is -0.00276. The van der Waals surface area contributed by atoms with E-state index in [4.69, 9.17) is 4.74 Å². The lowest BCUT2D eigenvalue weighted by atomic mass is 10.1. The van der Waals surface area contributed by atoms with Crippen LogP contribution in [0.1, 0.15) is 12.5 Å². The van der Waals surface area contributed by atoms with E-state index in [0.29, 0.717) is 23.6 Å². The van der Waals surface area contributed by atoms with Crippen molar-refractivity contribution in [1.82, 2.24) is 0 Å². The molecule has 2 rings (SSSR count). The normalized spacial score (nSPS) is 12.0. The van der Waals surface area contributed by atoms with Crippen LogP contribution in [0.15, 0.2) is 55.1 Å². The number of nitro groups is 1. The molecule has 0 fully saturated rings. The Kier molecular flexibility index (Phi) is 7.17. The van der Waals surface area contributed by atoms with Gasteiger partial charge < -0.3 is 10.1 Å². The molecule has 0 aliphatic carbocycles. The number of aryl methyl sites for hydroxylation is 1.